The molecule has 0 saturated heterocycles. The minimum absolute atomic E-state index is 0.0458. The fourth-order valence-electron chi connectivity index (χ4n) is 2.23. The molecule has 0 saturated carbocycles. The molecule has 0 radical (unpaired) electrons. The first kappa shape index (κ1) is 16.2. The molecule has 0 unspecified atom stereocenters. The lowest BCUT2D eigenvalue weighted by Gasteiger charge is -2.13. The SMILES string of the molecule is CC1=NN(c2ccc(Cl)cc2)C(=O)/C1=C(\C)CC(=O)N(C)C. The Balaban J connectivity index is 2.30. The standard InChI is InChI=1S/C16H18ClN3O2/c1-10(9-14(21)19(3)4)15-11(2)18-20(16(15)22)13-7-5-12(17)6-8-13/h5-8H,9H2,1-4H3/b15-10+. The molecule has 0 fully saturated rings. The maximum absolute atomic E-state index is 12.6. The normalized spacial score (nSPS) is 16.7. The van der Waals surface area contributed by atoms with Crippen molar-refractivity contribution in [1.82, 2.24) is 4.90 Å². The van der Waals surface area contributed by atoms with Crippen LogP contribution in [0.3, 0.4) is 0 Å². The second kappa shape index (κ2) is 6.32. The van der Waals surface area contributed by atoms with Crippen molar-refractivity contribution in [2.75, 3.05) is 19.1 Å². The van der Waals surface area contributed by atoms with Crippen LogP contribution in [-0.4, -0.2) is 36.5 Å². The summed E-state index contributed by atoms with van der Waals surface area (Å²) in [4.78, 5) is 25.9. The molecule has 1 aliphatic rings. The zero-order valence-electron chi connectivity index (χ0n) is 13.1. The predicted octanol–water partition coefficient (Wildman–Crippen LogP) is 2.86. The van der Waals surface area contributed by atoms with Gasteiger partial charge in [0, 0.05) is 25.5 Å². The van der Waals surface area contributed by atoms with Crippen LogP contribution in [0.2, 0.25) is 5.02 Å². The Kier molecular flexibility index (Phi) is 4.66. The largest absolute Gasteiger partial charge is 0.349 e. The third-order valence-corrected chi connectivity index (χ3v) is 3.68. The Morgan fingerprint density at radius 2 is 1.86 bits per heavy atom. The van der Waals surface area contributed by atoms with Crippen LogP contribution in [0.4, 0.5) is 5.69 Å². The molecule has 1 aliphatic heterocycles. The second-order valence-corrected chi connectivity index (χ2v) is 5.84. The van der Waals surface area contributed by atoms with Crippen LogP contribution in [0, 0.1) is 0 Å². The number of rotatable bonds is 3. The Morgan fingerprint density at radius 1 is 1.27 bits per heavy atom. The molecule has 0 aromatic heterocycles. The molecule has 1 aromatic carbocycles. The highest BCUT2D eigenvalue weighted by molar-refractivity contribution is 6.31. The van der Waals surface area contributed by atoms with Gasteiger partial charge in [-0.2, -0.15) is 10.1 Å². The van der Waals surface area contributed by atoms with Gasteiger partial charge in [-0.25, -0.2) is 0 Å². The number of nitrogens with zero attached hydrogens (tertiary/aromatic N) is 3. The van der Waals surface area contributed by atoms with E-state index in [4.69, 9.17) is 11.6 Å². The highest BCUT2D eigenvalue weighted by Gasteiger charge is 2.30. The number of benzene rings is 1. The highest BCUT2D eigenvalue weighted by Crippen LogP contribution is 2.27. The van der Waals surface area contributed by atoms with Crippen molar-refractivity contribution in [3.8, 4) is 0 Å². The van der Waals surface area contributed by atoms with Crippen LogP contribution in [0.25, 0.3) is 0 Å². The Morgan fingerprint density at radius 3 is 2.41 bits per heavy atom. The van der Waals surface area contributed by atoms with Crippen LogP contribution in [0.5, 0.6) is 0 Å². The molecular formula is C16H18ClN3O2. The van der Waals surface area contributed by atoms with Crippen LogP contribution >= 0.6 is 11.6 Å². The number of carbonyl (C=O) groups is 2. The molecule has 5 nitrogen and oxygen atoms in total. The van der Waals surface area contributed by atoms with E-state index in [-0.39, 0.29) is 18.2 Å². The van der Waals surface area contributed by atoms with Crippen molar-refractivity contribution in [2.45, 2.75) is 20.3 Å². The van der Waals surface area contributed by atoms with Crippen molar-refractivity contribution in [3.05, 3.63) is 40.4 Å². The molecule has 0 spiro atoms. The molecule has 2 rings (SSSR count). The van der Waals surface area contributed by atoms with Gasteiger partial charge in [-0.3, -0.25) is 9.59 Å². The number of carbonyl (C=O) groups excluding carboxylic acids is 2. The molecule has 0 bridgehead atoms. The van der Waals surface area contributed by atoms with E-state index < -0.39 is 0 Å². The molecule has 2 amide bonds. The van der Waals surface area contributed by atoms with Crippen molar-refractivity contribution in [1.29, 1.82) is 0 Å². The third kappa shape index (κ3) is 3.20. The Bertz CT molecular complexity index is 675. The minimum Gasteiger partial charge on any atom is -0.349 e. The first-order valence-corrected chi connectivity index (χ1v) is 7.24. The summed E-state index contributed by atoms with van der Waals surface area (Å²) in [6, 6.07) is 6.89. The van der Waals surface area contributed by atoms with E-state index in [1.165, 1.54) is 9.91 Å². The van der Waals surface area contributed by atoms with Gasteiger partial charge in [0.2, 0.25) is 5.91 Å². The lowest BCUT2D eigenvalue weighted by Crippen LogP contribution is -2.24. The van der Waals surface area contributed by atoms with Gasteiger partial charge in [0.1, 0.15) is 0 Å². The van der Waals surface area contributed by atoms with Crippen LogP contribution < -0.4 is 5.01 Å². The van der Waals surface area contributed by atoms with Crippen LogP contribution in [0.15, 0.2) is 40.5 Å². The van der Waals surface area contributed by atoms with E-state index in [2.05, 4.69) is 5.10 Å². The van der Waals surface area contributed by atoms with E-state index >= 15 is 0 Å². The van der Waals surface area contributed by atoms with Crippen LogP contribution in [0.1, 0.15) is 20.3 Å². The molecular weight excluding hydrogens is 302 g/mol. The maximum Gasteiger partial charge on any atom is 0.280 e. The summed E-state index contributed by atoms with van der Waals surface area (Å²) in [5.41, 5.74) is 2.49. The average molecular weight is 320 g/mol. The average Bonchev–Trinajstić information content (AvgIpc) is 2.74. The molecule has 6 heteroatoms. The molecule has 1 aromatic rings. The van der Waals surface area contributed by atoms with Gasteiger partial charge < -0.3 is 4.90 Å². The third-order valence-electron chi connectivity index (χ3n) is 3.43. The summed E-state index contributed by atoms with van der Waals surface area (Å²) in [7, 11) is 3.38. The summed E-state index contributed by atoms with van der Waals surface area (Å²) >= 11 is 5.86. The molecule has 116 valence electrons. The van der Waals surface area contributed by atoms with E-state index in [0.29, 0.717) is 22.0 Å². The minimum atomic E-state index is -0.219. The maximum atomic E-state index is 12.6. The number of hydrazone groups is 1. The molecule has 0 N–H and O–H groups in total. The van der Waals surface area contributed by atoms with Crippen molar-refractivity contribution in [3.63, 3.8) is 0 Å². The molecule has 0 atom stereocenters. The van der Waals surface area contributed by atoms with Gasteiger partial charge in [-0.05, 0) is 43.7 Å². The fraction of sp³-hybridized carbons (Fsp3) is 0.312. The van der Waals surface area contributed by atoms with Crippen molar-refractivity contribution in [2.24, 2.45) is 5.10 Å². The smallest absolute Gasteiger partial charge is 0.280 e. The monoisotopic (exact) mass is 319 g/mol. The van der Waals surface area contributed by atoms with E-state index in [0.717, 1.165) is 5.57 Å². The summed E-state index contributed by atoms with van der Waals surface area (Å²) in [6.07, 6.45) is 0.204. The summed E-state index contributed by atoms with van der Waals surface area (Å²) in [5, 5.41) is 6.23. The number of halogens is 1. The van der Waals surface area contributed by atoms with Gasteiger partial charge >= 0.3 is 0 Å². The number of hydrogen-bond acceptors (Lipinski definition) is 3. The second-order valence-electron chi connectivity index (χ2n) is 5.40. The molecule has 1 heterocycles. The van der Waals surface area contributed by atoms with Crippen molar-refractivity contribution >= 4 is 34.8 Å². The predicted molar refractivity (Wildman–Crippen MR) is 88.1 cm³/mol. The van der Waals surface area contributed by atoms with E-state index in [1.54, 1.807) is 52.2 Å². The van der Waals surface area contributed by atoms with E-state index in [9.17, 15) is 9.59 Å². The fourth-order valence-corrected chi connectivity index (χ4v) is 2.35. The van der Waals surface area contributed by atoms with Crippen LogP contribution in [-0.2, 0) is 9.59 Å². The summed E-state index contributed by atoms with van der Waals surface area (Å²) < 4.78 is 0. The quantitative estimate of drug-likeness (QED) is 0.804. The molecule has 0 aliphatic carbocycles. The number of amides is 2. The highest BCUT2D eigenvalue weighted by atomic mass is 35.5. The van der Waals surface area contributed by atoms with E-state index in [1.807, 2.05) is 0 Å². The lowest BCUT2D eigenvalue weighted by atomic mass is 10.0. The summed E-state index contributed by atoms with van der Waals surface area (Å²) in [6.45, 7) is 3.56. The topological polar surface area (TPSA) is 53.0 Å². The van der Waals surface area contributed by atoms with Gasteiger partial charge in [0.15, 0.2) is 0 Å². The lowest BCUT2D eigenvalue weighted by molar-refractivity contribution is -0.127. The Hall–Kier alpha value is -2.14. The van der Waals surface area contributed by atoms with Gasteiger partial charge in [0.25, 0.3) is 5.91 Å². The first-order chi connectivity index (χ1) is 10.3. The number of anilines is 1. The van der Waals surface area contributed by atoms with Gasteiger partial charge in [-0.15, -0.1) is 0 Å². The van der Waals surface area contributed by atoms with Gasteiger partial charge in [-0.1, -0.05) is 11.6 Å². The number of hydrogen-bond donors (Lipinski definition) is 0. The zero-order chi connectivity index (χ0) is 16.4. The van der Waals surface area contributed by atoms with Gasteiger partial charge in [0.05, 0.1) is 17.0 Å². The summed E-state index contributed by atoms with van der Waals surface area (Å²) in [5.74, 6) is -0.264. The Labute approximate surface area is 134 Å². The van der Waals surface area contributed by atoms with Crippen molar-refractivity contribution < 1.29 is 9.59 Å². The molecule has 22 heavy (non-hydrogen) atoms. The first-order valence-electron chi connectivity index (χ1n) is 6.86. The zero-order valence-corrected chi connectivity index (χ0v) is 13.8.